The summed E-state index contributed by atoms with van der Waals surface area (Å²) < 4.78 is 16.5. The molecule has 3 aromatic heterocycles. The lowest BCUT2D eigenvalue weighted by Crippen LogP contribution is -1.99. The van der Waals surface area contributed by atoms with Gasteiger partial charge in [0.2, 0.25) is 0 Å². The van der Waals surface area contributed by atoms with E-state index in [0.29, 0.717) is 29.8 Å². The van der Waals surface area contributed by atoms with Crippen molar-refractivity contribution in [3.8, 4) is 11.7 Å². The van der Waals surface area contributed by atoms with E-state index in [1.54, 1.807) is 0 Å². The molecule has 0 N–H and O–H groups in total. The van der Waals surface area contributed by atoms with Crippen LogP contribution < -0.4 is 0 Å². The molecular formula is C17H18N4O3S. The molecule has 0 spiro atoms. The van der Waals surface area contributed by atoms with E-state index in [2.05, 4.69) is 20.1 Å². The molecule has 4 rings (SSSR count). The van der Waals surface area contributed by atoms with E-state index in [9.17, 15) is 0 Å². The first kappa shape index (κ1) is 16.3. The third-order valence-corrected chi connectivity index (χ3v) is 4.78. The zero-order chi connectivity index (χ0) is 17.2. The fourth-order valence-electron chi connectivity index (χ4n) is 2.70. The average molecular weight is 358 g/mol. The topological polar surface area (TPSA) is 87.1 Å². The van der Waals surface area contributed by atoms with E-state index < -0.39 is 0 Å². The molecule has 1 unspecified atom stereocenters. The van der Waals surface area contributed by atoms with Crippen molar-refractivity contribution >= 4 is 11.8 Å². The van der Waals surface area contributed by atoms with Crippen LogP contribution in [0.3, 0.4) is 0 Å². The predicted octanol–water partition coefficient (Wildman–Crippen LogP) is 3.53. The number of ether oxygens (including phenoxy) is 1. The first-order valence-electron chi connectivity index (χ1n) is 8.13. The summed E-state index contributed by atoms with van der Waals surface area (Å²) in [5.74, 6) is 3.33. The number of thioether (sulfide) groups is 1. The van der Waals surface area contributed by atoms with Crippen LogP contribution in [0.5, 0.6) is 0 Å². The highest BCUT2D eigenvalue weighted by Crippen LogP contribution is 2.28. The summed E-state index contributed by atoms with van der Waals surface area (Å²) in [7, 11) is 0. The number of aromatic nitrogens is 4. The lowest BCUT2D eigenvalue weighted by molar-refractivity contribution is 0.192. The van der Waals surface area contributed by atoms with Gasteiger partial charge in [-0.1, -0.05) is 16.9 Å². The zero-order valence-corrected chi connectivity index (χ0v) is 14.9. The van der Waals surface area contributed by atoms with E-state index in [1.807, 2.05) is 32.0 Å². The highest BCUT2D eigenvalue weighted by Gasteiger charge is 2.24. The third kappa shape index (κ3) is 3.74. The fraction of sp³-hybridized carbons (Fsp3) is 0.412. The van der Waals surface area contributed by atoms with Crippen LogP contribution in [0.1, 0.15) is 35.3 Å². The van der Waals surface area contributed by atoms with Gasteiger partial charge >= 0.3 is 0 Å². The van der Waals surface area contributed by atoms with E-state index in [-0.39, 0.29) is 5.92 Å². The van der Waals surface area contributed by atoms with Gasteiger partial charge in [0, 0.05) is 23.9 Å². The average Bonchev–Trinajstić information content (AvgIpc) is 3.31. The molecule has 1 aliphatic rings. The molecule has 7 nitrogen and oxygen atoms in total. The van der Waals surface area contributed by atoms with Gasteiger partial charge in [-0.15, -0.1) is 0 Å². The molecule has 1 fully saturated rings. The highest BCUT2D eigenvalue weighted by molar-refractivity contribution is 7.98. The van der Waals surface area contributed by atoms with Crippen LogP contribution in [0, 0.1) is 13.8 Å². The summed E-state index contributed by atoms with van der Waals surface area (Å²) in [6.07, 6.45) is 0.926. The van der Waals surface area contributed by atoms with Crippen molar-refractivity contribution in [2.45, 2.75) is 37.1 Å². The standard InChI is InChI=1S/C17H18N4O3S/c1-10-7-11(2)19-17(18-10)25-9-13-3-4-14(23-13)16-20-15(21-24-16)12-5-6-22-8-12/h3-4,7,12H,5-6,8-9H2,1-2H3. The lowest BCUT2D eigenvalue weighted by atomic mass is 10.1. The van der Waals surface area contributed by atoms with E-state index >= 15 is 0 Å². The van der Waals surface area contributed by atoms with Crippen molar-refractivity contribution in [3.63, 3.8) is 0 Å². The molecule has 8 heteroatoms. The van der Waals surface area contributed by atoms with Gasteiger partial charge in [-0.3, -0.25) is 0 Å². The second kappa shape index (κ2) is 6.97. The van der Waals surface area contributed by atoms with Crippen LogP contribution in [0.15, 0.2) is 32.3 Å². The quantitative estimate of drug-likeness (QED) is 0.506. The largest absolute Gasteiger partial charge is 0.455 e. The minimum absolute atomic E-state index is 0.212. The zero-order valence-electron chi connectivity index (χ0n) is 14.1. The van der Waals surface area contributed by atoms with Crippen LogP contribution >= 0.6 is 11.8 Å². The van der Waals surface area contributed by atoms with Gasteiger partial charge in [0.15, 0.2) is 16.7 Å². The smallest absolute Gasteiger partial charge is 0.293 e. The maximum Gasteiger partial charge on any atom is 0.293 e. The summed E-state index contributed by atoms with van der Waals surface area (Å²) in [4.78, 5) is 13.3. The molecule has 0 bridgehead atoms. The Hall–Kier alpha value is -2.19. The van der Waals surface area contributed by atoms with Gasteiger partial charge in [0.1, 0.15) is 5.76 Å². The number of furan rings is 1. The molecule has 130 valence electrons. The summed E-state index contributed by atoms with van der Waals surface area (Å²) >= 11 is 1.54. The van der Waals surface area contributed by atoms with Gasteiger partial charge < -0.3 is 13.7 Å². The fourth-order valence-corrected chi connectivity index (χ4v) is 3.55. The Morgan fingerprint density at radius 2 is 2.00 bits per heavy atom. The molecule has 1 saturated heterocycles. The van der Waals surface area contributed by atoms with Crippen LogP contribution in [-0.2, 0) is 10.5 Å². The molecule has 25 heavy (non-hydrogen) atoms. The van der Waals surface area contributed by atoms with Crippen molar-refractivity contribution in [2.75, 3.05) is 13.2 Å². The minimum atomic E-state index is 0.212. The van der Waals surface area contributed by atoms with Crippen molar-refractivity contribution in [1.82, 2.24) is 20.1 Å². The molecule has 0 radical (unpaired) electrons. The molecule has 3 aromatic rings. The van der Waals surface area contributed by atoms with Crippen molar-refractivity contribution < 1.29 is 13.7 Å². The summed E-state index contributed by atoms with van der Waals surface area (Å²) in [6, 6.07) is 5.71. The third-order valence-electron chi connectivity index (χ3n) is 3.91. The van der Waals surface area contributed by atoms with Crippen LogP contribution in [0.25, 0.3) is 11.7 Å². The van der Waals surface area contributed by atoms with E-state index in [1.165, 1.54) is 11.8 Å². The van der Waals surface area contributed by atoms with Crippen molar-refractivity contribution in [1.29, 1.82) is 0 Å². The number of hydrogen-bond donors (Lipinski definition) is 0. The number of hydrogen-bond acceptors (Lipinski definition) is 8. The number of nitrogens with zero attached hydrogens (tertiary/aromatic N) is 4. The minimum Gasteiger partial charge on any atom is -0.455 e. The van der Waals surface area contributed by atoms with Crippen LogP contribution in [0.4, 0.5) is 0 Å². The highest BCUT2D eigenvalue weighted by atomic mass is 32.2. The first-order chi connectivity index (χ1) is 12.2. The molecule has 0 amide bonds. The Balaban J connectivity index is 1.43. The number of aryl methyl sites for hydroxylation is 2. The maximum absolute atomic E-state index is 5.82. The van der Waals surface area contributed by atoms with Crippen LogP contribution in [0.2, 0.25) is 0 Å². The van der Waals surface area contributed by atoms with Crippen LogP contribution in [-0.4, -0.2) is 33.3 Å². The molecule has 1 atom stereocenters. The lowest BCUT2D eigenvalue weighted by Gasteiger charge is -2.01. The molecule has 4 heterocycles. The Kier molecular flexibility index (Phi) is 4.54. The molecule has 1 aliphatic heterocycles. The van der Waals surface area contributed by atoms with Gasteiger partial charge in [-0.2, -0.15) is 4.98 Å². The first-order valence-corrected chi connectivity index (χ1v) is 9.11. The summed E-state index contributed by atoms with van der Waals surface area (Å²) in [5.41, 5.74) is 1.92. The Labute approximate surface area is 149 Å². The second-order valence-corrected chi connectivity index (χ2v) is 6.95. The normalized spacial score (nSPS) is 17.3. The SMILES string of the molecule is Cc1cc(C)nc(SCc2ccc(-c3nc(C4CCOC4)no3)o2)n1. The Morgan fingerprint density at radius 3 is 2.76 bits per heavy atom. The maximum atomic E-state index is 5.82. The van der Waals surface area contributed by atoms with E-state index in [4.69, 9.17) is 13.7 Å². The van der Waals surface area contributed by atoms with Gasteiger partial charge in [0.25, 0.3) is 5.89 Å². The molecular weight excluding hydrogens is 340 g/mol. The molecule has 0 aromatic carbocycles. The van der Waals surface area contributed by atoms with Crippen molar-refractivity contribution in [3.05, 3.63) is 41.2 Å². The molecule has 0 aliphatic carbocycles. The summed E-state index contributed by atoms with van der Waals surface area (Å²) in [6.45, 7) is 5.32. The van der Waals surface area contributed by atoms with Gasteiger partial charge in [-0.25, -0.2) is 9.97 Å². The predicted molar refractivity (Wildman–Crippen MR) is 91.2 cm³/mol. The second-order valence-electron chi connectivity index (χ2n) is 6.01. The molecule has 0 saturated carbocycles. The van der Waals surface area contributed by atoms with E-state index in [0.717, 1.165) is 35.3 Å². The Morgan fingerprint density at radius 1 is 1.16 bits per heavy atom. The van der Waals surface area contributed by atoms with Crippen molar-refractivity contribution in [2.24, 2.45) is 0 Å². The monoisotopic (exact) mass is 358 g/mol. The number of rotatable bonds is 5. The Bertz CT molecular complexity index is 850. The summed E-state index contributed by atoms with van der Waals surface area (Å²) in [5, 5.41) is 4.79. The van der Waals surface area contributed by atoms with Gasteiger partial charge in [-0.05, 0) is 38.5 Å². The van der Waals surface area contributed by atoms with Gasteiger partial charge in [0.05, 0.1) is 12.4 Å².